The molecule has 0 amide bonds. The van der Waals surface area contributed by atoms with Crippen molar-refractivity contribution in [2.75, 3.05) is 26.2 Å². The van der Waals surface area contributed by atoms with Crippen molar-refractivity contribution in [1.82, 2.24) is 0 Å². The molecular weight excluding hydrogens is 282 g/mol. The van der Waals surface area contributed by atoms with E-state index in [1.165, 1.54) is 114 Å². The van der Waals surface area contributed by atoms with Crippen LogP contribution in [0.5, 0.6) is 0 Å². The summed E-state index contributed by atoms with van der Waals surface area (Å²) in [6.07, 6.45) is 18.4. The molecule has 142 valence electrons. The summed E-state index contributed by atoms with van der Waals surface area (Å²) in [5.74, 6) is 0. The first-order valence-electron chi connectivity index (χ1n) is 10.6. The minimum absolute atomic E-state index is 0. The van der Waals surface area contributed by atoms with Crippen LogP contribution in [0.4, 0.5) is 0 Å². The molecule has 0 radical (unpaired) electrons. The molecule has 0 saturated carbocycles. The number of rotatable bonds is 17. The van der Waals surface area contributed by atoms with E-state index in [1.807, 2.05) is 0 Å². The van der Waals surface area contributed by atoms with E-state index in [-0.39, 0.29) is 5.48 Å². The van der Waals surface area contributed by atoms with E-state index in [0.29, 0.717) is 0 Å². The molecule has 1 N–H and O–H groups in total. The predicted molar refractivity (Wildman–Crippen MR) is 104 cm³/mol. The van der Waals surface area contributed by atoms with Gasteiger partial charge in [-0.25, -0.2) is 0 Å². The van der Waals surface area contributed by atoms with E-state index in [4.69, 9.17) is 0 Å². The molecule has 2 nitrogen and oxygen atoms in total. The topological polar surface area (TPSA) is 30.0 Å². The van der Waals surface area contributed by atoms with Gasteiger partial charge in [-0.1, -0.05) is 66.2 Å². The predicted octanol–water partition coefficient (Wildman–Crippen LogP) is 6.78. The van der Waals surface area contributed by atoms with Crippen LogP contribution in [0.3, 0.4) is 0 Å². The number of quaternary nitrogens is 1. The second-order valence-electron chi connectivity index (χ2n) is 7.42. The summed E-state index contributed by atoms with van der Waals surface area (Å²) in [5.41, 5.74) is 0. The Morgan fingerprint density at radius 1 is 0.391 bits per heavy atom. The van der Waals surface area contributed by atoms with Crippen molar-refractivity contribution >= 4 is 0 Å². The molecule has 0 unspecified atom stereocenters. The maximum atomic E-state index is 2.39. The fourth-order valence-corrected chi connectivity index (χ4v) is 3.77. The average Bonchev–Trinajstić information content (AvgIpc) is 2.53. The molecule has 0 aromatic heterocycles. The van der Waals surface area contributed by atoms with E-state index in [0.717, 1.165) is 0 Å². The Bertz CT molecular complexity index is 187. The molecule has 0 atom stereocenters. The van der Waals surface area contributed by atoms with E-state index in [1.54, 1.807) is 0 Å². The number of unbranched alkanes of at least 4 members (excludes halogenated alkanes) is 9. The number of hydrogen-bond donors (Lipinski definition) is 0. The van der Waals surface area contributed by atoms with Crippen molar-refractivity contribution in [2.24, 2.45) is 0 Å². The molecule has 0 saturated heterocycles. The largest absolute Gasteiger partial charge is 0.870 e. The van der Waals surface area contributed by atoms with Crippen molar-refractivity contribution in [3.63, 3.8) is 0 Å². The van der Waals surface area contributed by atoms with Gasteiger partial charge < -0.3 is 9.96 Å². The number of hydrogen-bond acceptors (Lipinski definition) is 1. The summed E-state index contributed by atoms with van der Waals surface area (Å²) in [4.78, 5) is 0. The van der Waals surface area contributed by atoms with Crippen LogP contribution in [0, 0.1) is 0 Å². The second kappa shape index (κ2) is 18.3. The quantitative estimate of drug-likeness (QED) is 0.214. The van der Waals surface area contributed by atoms with Crippen LogP contribution in [0.2, 0.25) is 0 Å². The molecule has 0 aliphatic carbocycles. The summed E-state index contributed by atoms with van der Waals surface area (Å²) < 4.78 is 1.44. The first-order valence-corrected chi connectivity index (χ1v) is 10.6. The Hall–Kier alpha value is -0.0800. The smallest absolute Gasteiger partial charge is 0.0786 e. The van der Waals surface area contributed by atoms with Crippen LogP contribution in [0.1, 0.15) is 111 Å². The highest BCUT2D eigenvalue weighted by Crippen LogP contribution is 2.18. The third-order valence-corrected chi connectivity index (χ3v) is 5.16. The Morgan fingerprint density at radius 3 is 1.00 bits per heavy atom. The fraction of sp³-hybridized carbons (Fsp3) is 1.00. The zero-order valence-corrected chi connectivity index (χ0v) is 16.9. The third-order valence-electron chi connectivity index (χ3n) is 5.16. The molecule has 0 spiro atoms. The first kappa shape index (κ1) is 25.2. The highest BCUT2D eigenvalue weighted by atomic mass is 16.0. The van der Waals surface area contributed by atoms with Gasteiger partial charge in [-0.3, -0.25) is 0 Å². The summed E-state index contributed by atoms with van der Waals surface area (Å²) in [6.45, 7) is 15.1. The normalized spacial score (nSPS) is 11.5. The van der Waals surface area contributed by atoms with Gasteiger partial charge in [0.15, 0.2) is 0 Å². The van der Waals surface area contributed by atoms with E-state index >= 15 is 0 Å². The molecule has 0 rings (SSSR count). The molecule has 23 heavy (non-hydrogen) atoms. The molecule has 0 aliphatic rings. The van der Waals surface area contributed by atoms with Gasteiger partial charge in [-0.15, -0.1) is 0 Å². The minimum atomic E-state index is 0. The number of nitrogens with zero attached hydrogens (tertiary/aromatic N) is 1. The average molecular weight is 330 g/mol. The molecule has 0 aliphatic heterocycles. The van der Waals surface area contributed by atoms with Gasteiger partial charge in [0, 0.05) is 0 Å². The lowest BCUT2D eigenvalue weighted by Crippen LogP contribution is -2.50. The van der Waals surface area contributed by atoms with Crippen molar-refractivity contribution in [3.8, 4) is 0 Å². The molecule has 2 heteroatoms. The lowest BCUT2D eigenvalue weighted by Gasteiger charge is -2.39. The molecule has 0 fully saturated rings. The lowest BCUT2D eigenvalue weighted by atomic mass is 10.1. The molecule has 0 bridgehead atoms. The van der Waals surface area contributed by atoms with Crippen LogP contribution >= 0.6 is 0 Å². The molecule has 0 aromatic carbocycles. The standard InChI is InChI=1S/C21H46N.H2O/c1-5-9-12-15-19-22(18-8-4,20-16-13-10-6-2)21-17-14-11-7-3;/h5-21H2,1-4H3;1H2/q+1;/p-1. The SMILES string of the molecule is CCCCCC[N+](CCC)(CCCCCC)CCCCCC.[OH-]. The van der Waals surface area contributed by atoms with Crippen LogP contribution in [-0.2, 0) is 0 Å². The summed E-state index contributed by atoms with van der Waals surface area (Å²) >= 11 is 0. The lowest BCUT2D eigenvalue weighted by molar-refractivity contribution is -0.929. The monoisotopic (exact) mass is 329 g/mol. The highest BCUT2D eigenvalue weighted by molar-refractivity contribution is 4.51. The molecule has 0 aromatic rings. The Morgan fingerprint density at radius 2 is 0.739 bits per heavy atom. The maximum absolute atomic E-state index is 2.39. The van der Waals surface area contributed by atoms with Gasteiger partial charge in [0.2, 0.25) is 0 Å². The van der Waals surface area contributed by atoms with Crippen molar-refractivity contribution in [2.45, 2.75) is 111 Å². The van der Waals surface area contributed by atoms with E-state index < -0.39 is 0 Å². The van der Waals surface area contributed by atoms with Gasteiger partial charge in [-0.2, -0.15) is 0 Å². The van der Waals surface area contributed by atoms with Gasteiger partial charge >= 0.3 is 0 Å². The van der Waals surface area contributed by atoms with Crippen LogP contribution in [-0.4, -0.2) is 36.1 Å². The Balaban J connectivity index is 0. The van der Waals surface area contributed by atoms with Crippen molar-refractivity contribution in [1.29, 1.82) is 0 Å². The Kier molecular flexibility index (Phi) is 20.0. The van der Waals surface area contributed by atoms with Crippen LogP contribution in [0.15, 0.2) is 0 Å². The maximum Gasteiger partial charge on any atom is 0.0786 e. The van der Waals surface area contributed by atoms with E-state index in [2.05, 4.69) is 27.7 Å². The van der Waals surface area contributed by atoms with Gasteiger partial charge in [-0.05, 0) is 44.9 Å². The van der Waals surface area contributed by atoms with Crippen molar-refractivity contribution < 1.29 is 9.96 Å². The first-order chi connectivity index (χ1) is 10.7. The van der Waals surface area contributed by atoms with Crippen LogP contribution in [0.25, 0.3) is 0 Å². The molecular formula is C21H47NO. The van der Waals surface area contributed by atoms with Gasteiger partial charge in [0.25, 0.3) is 0 Å². The van der Waals surface area contributed by atoms with E-state index in [9.17, 15) is 0 Å². The fourth-order valence-electron chi connectivity index (χ4n) is 3.77. The molecule has 0 heterocycles. The van der Waals surface area contributed by atoms with Crippen molar-refractivity contribution in [3.05, 3.63) is 0 Å². The zero-order chi connectivity index (χ0) is 16.5. The summed E-state index contributed by atoms with van der Waals surface area (Å²) in [6, 6.07) is 0. The van der Waals surface area contributed by atoms with Gasteiger partial charge in [0.05, 0.1) is 26.2 Å². The van der Waals surface area contributed by atoms with Crippen LogP contribution < -0.4 is 0 Å². The second-order valence-corrected chi connectivity index (χ2v) is 7.42. The summed E-state index contributed by atoms with van der Waals surface area (Å²) in [5, 5.41) is 0. The van der Waals surface area contributed by atoms with Gasteiger partial charge in [0.1, 0.15) is 0 Å². The Labute approximate surface area is 147 Å². The summed E-state index contributed by atoms with van der Waals surface area (Å²) in [7, 11) is 0. The minimum Gasteiger partial charge on any atom is -0.870 e. The highest BCUT2D eigenvalue weighted by Gasteiger charge is 2.24. The third kappa shape index (κ3) is 14.0. The zero-order valence-electron chi connectivity index (χ0n) is 16.9.